The summed E-state index contributed by atoms with van der Waals surface area (Å²) in [5.41, 5.74) is 2.03. The molecule has 1 aromatic carbocycles. The Balaban J connectivity index is 2.16. The predicted octanol–water partition coefficient (Wildman–Crippen LogP) is 2.97. The molecule has 2 N–H and O–H groups in total. The molecule has 0 aliphatic rings. The van der Waals surface area contributed by atoms with Gasteiger partial charge in [0.25, 0.3) is 0 Å². The van der Waals surface area contributed by atoms with Gasteiger partial charge in [0.05, 0.1) is 19.5 Å². The Labute approximate surface area is 113 Å². The average Bonchev–Trinajstić information content (AvgIpc) is 2.40. The van der Waals surface area contributed by atoms with Crippen molar-refractivity contribution < 1.29 is 4.74 Å². The van der Waals surface area contributed by atoms with Crippen LogP contribution < -0.4 is 15.4 Å². The summed E-state index contributed by atoms with van der Waals surface area (Å²) in [6, 6.07) is 5.90. The lowest BCUT2D eigenvalue weighted by Gasteiger charge is -2.10. The Kier molecular flexibility index (Phi) is 4.18. The van der Waals surface area contributed by atoms with Gasteiger partial charge in [-0.2, -0.15) is 0 Å². The van der Waals surface area contributed by atoms with E-state index >= 15 is 0 Å². The Morgan fingerprint density at radius 3 is 2.68 bits per heavy atom. The Morgan fingerprint density at radius 1 is 1.21 bits per heavy atom. The average molecular weight is 258 g/mol. The SMILES string of the molecule is CCNc1cncc(Nc2ccc(OC)c(C)c2)n1. The summed E-state index contributed by atoms with van der Waals surface area (Å²) < 4.78 is 5.24. The number of nitrogens with zero attached hydrogens (tertiary/aromatic N) is 2. The van der Waals surface area contributed by atoms with Gasteiger partial charge in [0.1, 0.15) is 11.6 Å². The Morgan fingerprint density at radius 2 is 2.00 bits per heavy atom. The molecular weight excluding hydrogens is 240 g/mol. The largest absolute Gasteiger partial charge is 0.496 e. The number of methoxy groups -OCH3 is 1. The van der Waals surface area contributed by atoms with E-state index in [4.69, 9.17) is 4.74 Å². The molecule has 0 saturated heterocycles. The number of ether oxygens (including phenoxy) is 1. The summed E-state index contributed by atoms with van der Waals surface area (Å²) in [6.45, 7) is 4.85. The highest BCUT2D eigenvalue weighted by molar-refractivity contribution is 5.59. The molecule has 0 spiro atoms. The molecule has 1 aromatic heterocycles. The van der Waals surface area contributed by atoms with E-state index in [1.807, 2.05) is 32.0 Å². The summed E-state index contributed by atoms with van der Waals surface area (Å²) in [5, 5.41) is 6.36. The van der Waals surface area contributed by atoms with Crippen molar-refractivity contribution in [3.63, 3.8) is 0 Å². The van der Waals surface area contributed by atoms with Crippen LogP contribution in [0, 0.1) is 6.92 Å². The van der Waals surface area contributed by atoms with Gasteiger partial charge < -0.3 is 15.4 Å². The summed E-state index contributed by atoms with van der Waals surface area (Å²) in [4.78, 5) is 8.56. The first-order valence-electron chi connectivity index (χ1n) is 6.20. The van der Waals surface area contributed by atoms with E-state index in [2.05, 4.69) is 20.6 Å². The molecule has 0 bridgehead atoms. The maximum Gasteiger partial charge on any atom is 0.151 e. The number of benzene rings is 1. The third-order valence-corrected chi connectivity index (χ3v) is 2.66. The van der Waals surface area contributed by atoms with Gasteiger partial charge >= 0.3 is 0 Å². The monoisotopic (exact) mass is 258 g/mol. The van der Waals surface area contributed by atoms with E-state index in [1.165, 1.54) is 0 Å². The minimum absolute atomic E-state index is 0.711. The van der Waals surface area contributed by atoms with Gasteiger partial charge in [0.15, 0.2) is 5.82 Å². The summed E-state index contributed by atoms with van der Waals surface area (Å²) in [5.74, 6) is 2.35. The normalized spacial score (nSPS) is 10.1. The third-order valence-electron chi connectivity index (χ3n) is 2.66. The fraction of sp³-hybridized carbons (Fsp3) is 0.286. The molecule has 100 valence electrons. The third kappa shape index (κ3) is 3.34. The van der Waals surface area contributed by atoms with Gasteiger partial charge in [0, 0.05) is 12.2 Å². The quantitative estimate of drug-likeness (QED) is 0.863. The van der Waals surface area contributed by atoms with Crippen molar-refractivity contribution in [3.8, 4) is 5.75 Å². The minimum atomic E-state index is 0.711. The van der Waals surface area contributed by atoms with Crippen molar-refractivity contribution in [2.75, 3.05) is 24.3 Å². The number of aromatic nitrogens is 2. The molecule has 0 saturated carbocycles. The van der Waals surface area contributed by atoms with E-state index in [-0.39, 0.29) is 0 Å². The number of rotatable bonds is 5. The smallest absolute Gasteiger partial charge is 0.151 e. The van der Waals surface area contributed by atoms with Crippen molar-refractivity contribution in [2.45, 2.75) is 13.8 Å². The summed E-state index contributed by atoms with van der Waals surface area (Å²) in [7, 11) is 1.67. The van der Waals surface area contributed by atoms with Gasteiger partial charge in [-0.25, -0.2) is 4.98 Å². The van der Waals surface area contributed by atoms with E-state index < -0.39 is 0 Å². The lowest BCUT2D eigenvalue weighted by molar-refractivity contribution is 0.412. The molecular formula is C14H18N4O. The molecule has 0 amide bonds. The number of anilines is 3. The zero-order valence-corrected chi connectivity index (χ0v) is 11.4. The van der Waals surface area contributed by atoms with Crippen LogP contribution in [-0.2, 0) is 0 Å². The first-order valence-corrected chi connectivity index (χ1v) is 6.20. The highest BCUT2D eigenvalue weighted by atomic mass is 16.5. The molecule has 2 aromatic rings. The van der Waals surface area contributed by atoms with Crippen LogP contribution in [-0.4, -0.2) is 23.6 Å². The van der Waals surface area contributed by atoms with Crippen LogP contribution in [0.25, 0.3) is 0 Å². The first kappa shape index (κ1) is 13.1. The van der Waals surface area contributed by atoms with Crippen LogP contribution in [0.1, 0.15) is 12.5 Å². The van der Waals surface area contributed by atoms with E-state index in [9.17, 15) is 0 Å². The second kappa shape index (κ2) is 6.04. The van der Waals surface area contributed by atoms with Crippen LogP contribution in [0.2, 0.25) is 0 Å². The van der Waals surface area contributed by atoms with Gasteiger partial charge in [0.2, 0.25) is 0 Å². The van der Waals surface area contributed by atoms with E-state index in [0.29, 0.717) is 5.82 Å². The van der Waals surface area contributed by atoms with E-state index in [0.717, 1.165) is 29.4 Å². The molecule has 0 aliphatic heterocycles. The highest BCUT2D eigenvalue weighted by Crippen LogP contribution is 2.23. The number of hydrogen-bond acceptors (Lipinski definition) is 5. The van der Waals surface area contributed by atoms with Gasteiger partial charge in [-0.3, -0.25) is 4.98 Å². The molecule has 1 heterocycles. The van der Waals surface area contributed by atoms with E-state index in [1.54, 1.807) is 19.5 Å². The molecule has 5 heteroatoms. The molecule has 0 fully saturated rings. The van der Waals surface area contributed by atoms with Crippen molar-refractivity contribution in [3.05, 3.63) is 36.2 Å². The molecule has 2 rings (SSSR count). The number of aryl methyl sites for hydroxylation is 1. The maximum atomic E-state index is 5.24. The molecule has 19 heavy (non-hydrogen) atoms. The molecule has 0 atom stereocenters. The molecule has 0 aliphatic carbocycles. The summed E-state index contributed by atoms with van der Waals surface area (Å²) in [6.07, 6.45) is 3.40. The Hall–Kier alpha value is -2.30. The van der Waals surface area contributed by atoms with Gasteiger partial charge in [-0.15, -0.1) is 0 Å². The highest BCUT2D eigenvalue weighted by Gasteiger charge is 2.02. The lowest BCUT2D eigenvalue weighted by Crippen LogP contribution is -2.02. The standard InChI is InChI=1S/C14H18N4O/c1-4-16-13-8-15-9-14(18-13)17-11-5-6-12(19-3)10(2)7-11/h5-9H,4H2,1-3H3,(H2,16,17,18). The molecule has 0 radical (unpaired) electrons. The lowest BCUT2D eigenvalue weighted by atomic mass is 10.2. The second-order valence-corrected chi connectivity index (χ2v) is 4.13. The minimum Gasteiger partial charge on any atom is -0.496 e. The topological polar surface area (TPSA) is 59.1 Å². The van der Waals surface area contributed by atoms with Crippen molar-refractivity contribution in [1.29, 1.82) is 0 Å². The first-order chi connectivity index (χ1) is 9.22. The number of hydrogen-bond donors (Lipinski definition) is 2. The predicted molar refractivity (Wildman–Crippen MR) is 77.2 cm³/mol. The fourth-order valence-corrected chi connectivity index (χ4v) is 1.80. The fourth-order valence-electron chi connectivity index (χ4n) is 1.80. The second-order valence-electron chi connectivity index (χ2n) is 4.13. The number of nitrogens with one attached hydrogen (secondary N) is 2. The van der Waals surface area contributed by atoms with Crippen molar-refractivity contribution in [2.24, 2.45) is 0 Å². The summed E-state index contributed by atoms with van der Waals surface area (Å²) >= 11 is 0. The van der Waals surface area contributed by atoms with Crippen molar-refractivity contribution in [1.82, 2.24) is 9.97 Å². The zero-order chi connectivity index (χ0) is 13.7. The van der Waals surface area contributed by atoms with Crippen molar-refractivity contribution >= 4 is 17.3 Å². The van der Waals surface area contributed by atoms with Crippen LogP contribution in [0.3, 0.4) is 0 Å². The van der Waals surface area contributed by atoms with Gasteiger partial charge in [-0.1, -0.05) is 0 Å². The Bertz CT molecular complexity index is 557. The zero-order valence-electron chi connectivity index (χ0n) is 11.4. The van der Waals surface area contributed by atoms with Crippen LogP contribution >= 0.6 is 0 Å². The van der Waals surface area contributed by atoms with Crippen LogP contribution in [0.4, 0.5) is 17.3 Å². The molecule has 5 nitrogen and oxygen atoms in total. The van der Waals surface area contributed by atoms with Gasteiger partial charge in [-0.05, 0) is 37.6 Å². The van der Waals surface area contributed by atoms with Crippen LogP contribution in [0.5, 0.6) is 5.75 Å². The molecule has 0 unspecified atom stereocenters. The maximum absolute atomic E-state index is 5.24. The van der Waals surface area contributed by atoms with Crippen LogP contribution in [0.15, 0.2) is 30.6 Å².